The van der Waals surface area contributed by atoms with E-state index in [1.807, 2.05) is 6.92 Å². The first-order valence-electron chi connectivity index (χ1n) is 19.7. The van der Waals surface area contributed by atoms with Gasteiger partial charge in [-0.05, 0) is 55.4 Å². The van der Waals surface area contributed by atoms with Crippen molar-refractivity contribution in [2.45, 2.75) is 122 Å². The SMILES string of the molecule is CC[C@H](C)[C@H](N)C(=O)N[C@@H](Cc1ccccc1)C(=O)N[C@H](C(=O)N[C@@H](CCC(=O)O)C(=O)N[C@@H](Cc1ccc(O)cc1)C(=O)N[C@H](C(=O)N[C@@H](C)C(=O)O)C(C)C)[C@@H](C)O. The Morgan fingerprint density at radius 2 is 1.07 bits per heavy atom. The quantitative estimate of drug-likeness (QED) is 0.0634. The topological polar surface area (TPSA) is 316 Å². The largest absolute Gasteiger partial charge is 0.508 e. The van der Waals surface area contributed by atoms with Gasteiger partial charge in [0.05, 0.1) is 12.1 Å². The fourth-order valence-corrected chi connectivity index (χ4v) is 5.80. The summed E-state index contributed by atoms with van der Waals surface area (Å²) in [5, 5.41) is 54.0. The third-order valence-corrected chi connectivity index (χ3v) is 9.80. The van der Waals surface area contributed by atoms with E-state index in [0.717, 1.165) is 0 Å². The molecule has 0 saturated carbocycles. The number of hydrogen-bond acceptors (Lipinski definition) is 11. The number of amides is 6. The minimum absolute atomic E-state index is 0.0220. The highest BCUT2D eigenvalue weighted by atomic mass is 16.4. The molecular weight excluding hydrogens is 782 g/mol. The smallest absolute Gasteiger partial charge is 0.325 e. The normalized spacial score (nSPS) is 15.6. The zero-order valence-electron chi connectivity index (χ0n) is 34.6. The number of rotatable bonds is 24. The van der Waals surface area contributed by atoms with Gasteiger partial charge in [0.15, 0.2) is 0 Å². The van der Waals surface area contributed by atoms with Gasteiger partial charge in [0, 0.05) is 19.3 Å². The van der Waals surface area contributed by atoms with Gasteiger partial charge >= 0.3 is 11.9 Å². The second-order valence-electron chi connectivity index (χ2n) is 15.1. The molecule has 330 valence electrons. The molecule has 6 amide bonds. The van der Waals surface area contributed by atoms with Gasteiger partial charge in [-0.2, -0.15) is 0 Å². The number of aliphatic hydroxyl groups is 1. The number of hydrogen-bond donors (Lipinski definition) is 11. The standard InChI is InChI=1S/C41H59N7O12/c1-7-22(4)32(42)38(56)46-30(19-25-11-9-8-10-12-25)37(55)48-34(24(6)49)40(58)44-28(17-18-31(51)52)35(53)45-29(20-26-13-15-27(50)16-14-26)36(54)47-33(21(2)3)39(57)43-23(5)41(59)60/h8-16,21-24,28-30,32-34,49-50H,7,17-20,42H2,1-6H3,(H,43,57)(H,44,58)(H,45,53)(H,46,56)(H,47,54)(H,48,55)(H,51,52)(H,59,60)/t22-,23-,24+,28-,29-,30-,32-,33-,34-/m0/s1. The predicted octanol–water partition coefficient (Wildman–Crippen LogP) is -0.534. The van der Waals surface area contributed by atoms with E-state index in [9.17, 15) is 58.8 Å². The van der Waals surface area contributed by atoms with Crippen LogP contribution in [0.15, 0.2) is 54.6 Å². The molecule has 19 heteroatoms. The summed E-state index contributed by atoms with van der Waals surface area (Å²) in [6.45, 7) is 9.24. The third kappa shape index (κ3) is 16.3. The first kappa shape index (κ1) is 50.1. The number of benzene rings is 2. The number of aliphatic hydroxyl groups excluding tert-OH is 1. The molecule has 0 unspecified atom stereocenters. The zero-order chi connectivity index (χ0) is 45.3. The highest BCUT2D eigenvalue weighted by molar-refractivity contribution is 5.97. The molecule has 0 aliphatic rings. The Hall–Kier alpha value is -6.08. The Bertz CT molecular complexity index is 1790. The van der Waals surface area contributed by atoms with E-state index in [-0.39, 0.29) is 24.5 Å². The second-order valence-corrected chi connectivity index (χ2v) is 15.1. The van der Waals surface area contributed by atoms with Crippen molar-refractivity contribution in [1.82, 2.24) is 31.9 Å². The van der Waals surface area contributed by atoms with Crippen LogP contribution in [0, 0.1) is 11.8 Å². The van der Waals surface area contributed by atoms with Gasteiger partial charge < -0.3 is 58.1 Å². The molecule has 12 N–H and O–H groups in total. The van der Waals surface area contributed by atoms with Crippen LogP contribution in [0.1, 0.15) is 71.9 Å². The first-order valence-corrected chi connectivity index (χ1v) is 19.7. The molecule has 0 fully saturated rings. The maximum absolute atomic E-state index is 13.9. The summed E-state index contributed by atoms with van der Waals surface area (Å²) in [7, 11) is 0. The summed E-state index contributed by atoms with van der Waals surface area (Å²) in [5.41, 5.74) is 7.21. The second kappa shape index (κ2) is 24.1. The molecule has 0 aliphatic carbocycles. The summed E-state index contributed by atoms with van der Waals surface area (Å²) in [6, 6.07) is 4.61. The third-order valence-electron chi connectivity index (χ3n) is 9.80. The van der Waals surface area contributed by atoms with Crippen molar-refractivity contribution in [2.24, 2.45) is 17.6 Å². The van der Waals surface area contributed by atoms with E-state index in [0.29, 0.717) is 17.5 Å². The lowest BCUT2D eigenvalue weighted by Gasteiger charge is -2.29. The van der Waals surface area contributed by atoms with Crippen molar-refractivity contribution >= 4 is 47.4 Å². The summed E-state index contributed by atoms with van der Waals surface area (Å²) < 4.78 is 0. The van der Waals surface area contributed by atoms with Gasteiger partial charge in [-0.25, -0.2) is 0 Å². The van der Waals surface area contributed by atoms with Crippen molar-refractivity contribution in [3.63, 3.8) is 0 Å². The molecule has 19 nitrogen and oxygen atoms in total. The molecule has 60 heavy (non-hydrogen) atoms. The molecule has 0 radical (unpaired) electrons. The molecule has 2 rings (SSSR count). The van der Waals surface area contributed by atoms with Crippen LogP contribution in [-0.2, 0) is 51.2 Å². The molecule has 0 aromatic heterocycles. The lowest BCUT2D eigenvalue weighted by Crippen LogP contribution is -2.62. The fourth-order valence-electron chi connectivity index (χ4n) is 5.80. The van der Waals surface area contributed by atoms with E-state index in [1.165, 1.54) is 38.1 Å². The van der Waals surface area contributed by atoms with Crippen LogP contribution < -0.4 is 37.6 Å². The van der Waals surface area contributed by atoms with Gasteiger partial charge in [0.2, 0.25) is 35.4 Å². The average Bonchev–Trinajstić information content (AvgIpc) is 3.19. The van der Waals surface area contributed by atoms with E-state index in [2.05, 4.69) is 31.9 Å². The monoisotopic (exact) mass is 841 g/mol. The van der Waals surface area contributed by atoms with Crippen LogP contribution in [0.3, 0.4) is 0 Å². The molecule has 2 aromatic carbocycles. The van der Waals surface area contributed by atoms with Crippen LogP contribution in [0.5, 0.6) is 5.75 Å². The van der Waals surface area contributed by atoms with Gasteiger partial charge in [-0.15, -0.1) is 0 Å². The van der Waals surface area contributed by atoms with Gasteiger partial charge in [-0.1, -0.05) is 76.6 Å². The van der Waals surface area contributed by atoms with Crippen LogP contribution in [0.2, 0.25) is 0 Å². The van der Waals surface area contributed by atoms with Crippen molar-refractivity contribution in [2.75, 3.05) is 0 Å². The Morgan fingerprint density at radius 1 is 0.600 bits per heavy atom. The highest BCUT2D eigenvalue weighted by Gasteiger charge is 2.36. The molecule has 2 aromatic rings. The van der Waals surface area contributed by atoms with Crippen molar-refractivity contribution < 1.29 is 58.8 Å². The number of aliphatic carboxylic acids is 2. The van der Waals surface area contributed by atoms with E-state index < -0.39 is 115 Å². The van der Waals surface area contributed by atoms with E-state index >= 15 is 0 Å². The number of phenols is 1. The van der Waals surface area contributed by atoms with Crippen LogP contribution in [-0.4, -0.2) is 116 Å². The number of carbonyl (C=O) groups excluding carboxylic acids is 6. The maximum atomic E-state index is 13.9. The summed E-state index contributed by atoms with van der Waals surface area (Å²) in [5.74, 6) is -8.89. The van der Waals surface area contributed by atoms with Crippen LogP contribution in [0.4, 0.5) is 0 Å². The van der Waals surface area contributed by atoms with Gasteiger partial charge in [0.25, 0.3) is 0 Å². The number of carboxylic acids is 2. The van der Waals surface area contributed by atoms with Gasteiger partial charge in [-0.3, -0.25) is 38.4 Å². The number of phenolic OH excluding ortho intramolecular Hbond substituents is 1. The van der Waals surface area contributed by atoms with Crippen molar-refractivity contribution in [3.8, 4) is 5.75 Å². The fraction of sp³-hybridized carbons (Fsp3) is 0.512. The van der Waals surface area contributed by atoms with E-state index in [4.69, 9.17) is 5.73 Å². The number of nitrogens with two attached hydrogens (primary N) is 1. The Morgan fingerprint density at radius 3 is 1.55 bits per heavy atom. The van der Waals surface area contributed by atoms with Gasteiger partial charge in [0.1, 0.15) is 42.0 Å². The number of carbonyl (C=O) groups is 8. The summed E-state index contributed by atoms with van der Waals surface area (Å²) in [6.07, 6.45) is -2.40. The molecule has 0 heterocycles. The molecule has 0 saturated heterocycles. The summed E-state index contributed by atoms with van der Waals surface area (Å²) >= 11 is 0. The number of nitrogens with one attached hydrogen (secondary N) is 6. The molecule has 9 atom stereocenters. The zero-order valence-corrected chi connectivity index (χ0v) is 34.6. The maximum Gasteiger partial charge on any atom is 0.325 e. The molecule has 0 bridgehead atoms. The van der Waals surface area contributed by atoms with Crippen molar-refractivity contribution in [1.29, 1.82) is 0 Å². The first-order chi connectivity index (χ1) is 28.1. The molecule has 0 spiro atoms. The minimum Gasteiger partial charge on any atom is -0.508 e. The summed E-state index contributed by atoms with van der Waals surface area (Å²) in [4.78, 5) is 104. The highest BCUT2D eigenvalue weighted by Crippen LogP contribution is 2.14. The predicted molar refractivity (Wildman–Crippen MR) is 218 cm³/mol. The molecule has 0 aliphatic heterocycles. The minimum atomic E-state index is -1.73. The lowest BCUT2D eigenvalue weighted by atomic mass is 9.98. The molecular formula is C41H59N7O12. The van der Waals surface area contributed by atoms with Crippen LogP contribution >= 0.6 is 0 Å². The Balaban J connectivity index is 2.42. The van der Waals surface area contributed by atoms with E-state index in [1.54, 1.807) is 51.1 Å². The Kier molecular flexibility index (Phi) is 20.1. The van der Waals surface area contributed by atoms with Crippen molar-refractivity contribution in [3.05, 3.63) is 65.7 Å². The Labute approximate surface area is 348 Å². The number of aromatic hydroxyl groups is 1. The number of carboxylic acid groups (broad SMARTS) is 2. The average molecular weight is 842 g/mol. The van der Waals surface area contributed by atoms with Crippen LogP contribution in [0.25, 0.3) is 0 Å². The lowest BCUT2D eigenvalue weighted by molar-refractivity contribution is -0.142.